The first-order chi connectivity index (χ1) is 9.31. The predicted octanol–water partition coefficient (Wildman–Crippen LogP) is 2.79. The summed E-state index contributed by atoms with van der Waals surface area (Å²) in [5.74, 6) is -0.0198. The molecule has 1 N–H and O–H groups in total. The number of rotatable bonds is 2. The van der Waals surface area contributed by atoms with Crippen LogP contribution < -0.4 is 0 Å². The minimum absolute atomic E-state index is 0.0198. The zero-order valence-electron chi connectivity index (χ0n) is 10.5. The standard InChI is InChI=1S/C15H14N2O2/c16-8-10-4-3-5-12-14(10)11(9-17-12)15(18)13-6-1-2-7-19-13/h3-5,9,13,17H,1-2,6-7H2. The van der Waals surface area contributed by atoms with Gasteiger partial charge in [0.1, 0.15) is 6.10 Å². The summed E-state index contributed by atoms with van der Waals surface area (Å²) < 4.78 is 5.54. The van der Waals surface area contributed by atoms with Crippen molar-refractivity contribution in [3.63, 3.8) is 0 Å². The summed E-state index contributed by atoms with van der Waals surface area (Å²) in [6.45, 7) is 0.643. The zero-order chi connectivity index (χ0) is 13.2. The Morgan fingerprint density at radius 1 is 1.42 bits per heavy atom. The van der Waals surface area contributed by atoms with Crippen molar-refractivity contribution in [3.8, 4) is 6.07 Å². The maximum atomic E-state index is 12.5. The lowest BCUT2D eigenvalue weighted by Crippen LogP contribution is -2.28. The fourth-order valence-corrected chi connectivity index (χ4v) is 2.59. The number of ketones is 1. The number of ether oxygens (including phenoxy) is 1. The molecule has 4 nitrogen and oxygen atoms in total. The van der Waals surface area contributed by atoms with Crippen molar-refractivity contribution in [2.45, 2.75) is 25.4 Å². The summed E-state index contributed by atoms with van der Waals surface area (Å²) in [5.41, 5.74) is 1.91. The van der Waals surface area contributed by atoms with Crippen LogP contribution in [0.3, 0.4) is 0 Å². The number of fused-ring (bicyclic) bond motifs is 1. The second-order valence-corrected chi connectivity index (χ2v) is 4.76. The molecule has 0 saturated carbocycles. The first-order valence-corrected chi connectivity index (χ1v) is 6.47. The molecule has 19 heavy (non-hydrogen) atoms. The van der Waals surface area contributed by atoms with Gasteiger partial charge in [-0.2, -0.15) is 5.26 Å². The van der Waals surface area contributed by atoms with Gasteiger partial charge in [0.25, 0.3) is 0 Å². The number of carbonyl (C=O) groups excluding carboxylic acids is 1. The summed E-state index contributed by atoms with van der Waals surface area (Å²) in [6, 6.07) is 7.55. The van der Waals surface area contributed by atoms with Crippen molar-refractivity contribution in [1.29, 1.82) is 5.26 Å². The monoisotopic (exact) mass is 254 g/mol. The van der Waals surface area contributed by atoms with Crippen molar-refractivity contribution in [3.05, 3.63) is 35.5 Å². The first kappa shape index (κ1) is 11.9. The van der Waals surface area contributed by atoms with E-state index < -0.39 is 0 Å². The van der Waals surface area contributed by atoms with Gasteiger partial charge in [-0.05, 0) is 31.4 Å². The van der Waals surface area contributed by atoms with Crippen LogP contribution in [0.5, 0.6) is 0 Å². The lowest BCUT2D eigenvalue weighted by atomic mass is 9.97. The Morgan fingerprint density at radius 2 is 2.32 bits per heavy atom. The average molecular weight is 254 g/mol. The van der Waals surface area contributed by atoms with E-state index in [4.69, 9.17) is 10.00 Å². The molecule has 1 aromatic carbocycles. The normalized spacial score (nSPS) is 19.2. The van der Waals surface area contributed by atoms with Crippen LogP contribution in [-0.2, 0) is 4.74 Å². The number of nitrogens with zero attached hydrogens (tertiary/aromatic N) is 1. The van der Waals surface area contributed by atoms with Gasteiger partial charge in [-0.25, -0.2) is 0 Å². The van der Waals surface area contributed by atoms with Gasteiger partial charge in [0.05, 0.1) is 11.6 Å². The third kappa shape index (κ3) is 2.02. The molecular weight excluding hydrogens is 240 g/mol. The van der Waals surface area contributed by atoms with Gasteiger partial charge in [-0.1, -0.05) is 6.07 Å². The fourth-order valence-electron chi connectivity index (χ4n) is 2.59. The Hall–Kier alpha value is -2.12. The van der Waals surface area contributed by atoms with Gasteiger partial charge < -0.3 is 9.72 Å². The highest BCUT2D eigenvalue weighted by Crippen LogP contribution is 2.26. The second-order valence-electron chi connectivity index (χ2n) is 4.76. The molecule has 1 aromatic heterocycles. The third-order valence-corrected chi connectivity index (χ3v) is 3.56. The minimum atomic E-state index is -0.362. The van der Waals surface area contributed by atoms with Crippen molar-refractivity contribution in [1.82, 2.24) is 4.98 Å². The zero-order valence-corrected chi connectivity index (χ0v) is 10.5. The van der Waals surface area contributed by atoms with E-state index >= 15 is 0 Å². The molecule has 0 bridgehead atoms. The number of aromatic nitrogens is 1. The molecule has 0 amide bonds. The number of H-pyrrole nitrogens is 1. The smallest absolute Gasteiger partial charge is 0.193 e. The average Bonchev–Trinajstić information content (AvgIpc) is 2.91. The topological polar surface area (TPSA) is 65.9 Å². The predicted molar refractivity (Wildman–Crippen MR) is 70.9 cm³/mol. The SMILES string of the molecule is N#Cc1cccc2[nH]cc(C(=O)C3CCCCO3)c12. The molecule has 0 aliphatic carbocycles. The van der Waals surface area contributed by atoms with Crippen LogP contribution in [0.25, 0.3) is 10.9 Å². The van der Waals surface area contributed by atoms with Crippen LogP contribution in [-0.4, -0.2) is 23.5 Å². The van der Waals surface area contributed by atoms with Gasteiger partial charge in [-0.3, -0.25) is 4.79 Å². The lowest BCUT2D eigenvalue weighted by Gasteiger charge is -2.21. The van der Waals surface area contributed by atoms with Gasteiger partial charge in [-0.15, -0.1) is 0 Å². The molecule has 1 unspecified atom stereocenters. The van der Waals surface area contributed by atoms with Gasteiger partial charge in [0.15, 0.2) is 5.78 Å². The van der Waals surface area contributed by atoms with Crippen LogP contribution in [0.2, 0.25) is 0 Å². The molecule has 0 radical (unpaired) electrons. The van der Waals surface area contributed by atoms with E-state index in [9.17, 15) is 4.79 Å². The number of hydrogen-bond donors (Lipinski definition) is 1. The number of aromatic amines is 1. The molecule has 1 aliphatic rings. The number of Topliss-reactive ketones (excluding diaryl/α,β-unsaturated/α-hetero) is 1. The first-order valence-electron chi connectivity index (χ1n) is 6.47. The van der Waals surface area contributed by atoms with Crippen molar-refractivity contribution >= 4 is 16.7 Å². The number of carbonyl (C=O) groups is 1. The molecule has 4 heteroatoms. The molecule has 2 aromatic rings. The Bertz CT molecular complexity index is 660. The highest BCUT2D eigenvalue weighted by Gasteiger charge is 2.26. The molecule has 1 fully saturated rings. The molecule has 3 rings (SSSR count). The van der Waals surface area contributed by atoms with E-state index in [-0.39, 0.29) is 11.9 Å². The largest absolute Gasteiger partial charge is 0.370 e. The van der Waals surface area contributed by atoms with Gasteiger partial charge in [0, 0.05) is 29.3 Å². The number of nitrogens with one attached hydrogen (secondary N) is 1. The summed E-state index contributed by atoms with van der Waals surface area (Å²) >= 11 is 0. The van der Waals surface area contributed by atoms with Gasteiger partial charge in [0.2, 0.25) is 0 Å². The molecule has 1 atom stereocenters. The highest BCUT2D eigenvalue weighted by atomic mass is 16.5. The summed E-state index contributed by atoms with van der Waals surface area (Å²) in [6.07, 6.45) is 4.12. The van der Waals surface area contributed by atoms with Crippen LogP contribution >= 0.6 is 0 Å². The van der Waals surface area contributed by atoms with E-state index in [1.54, 1.807) is 12.3 Å². The van der Waals surface area contributed by atoms with E-state index in [0.29, 0.717) is 23.1 Å². The van der Waals surface area contributed by atoms with Crippen LogP contribution in [0, 0.1) is 11.3 Å². The number of hydrogen-bond acceptors (Lipinski definition) is 3. The van der Waals surface area contributed by atoms with E-state index in [1.165, 1.54) is 0 Å². The number of nitriles is 1. The Balaban J connectivity index is 2.05. The molecule has 2 heterocycles. The van der Waals surface area contributed by atoms with E-state index in [2.05, 4.69) is 11.1 Å². The van der Waals surface area contributed by atoms with Crippen LogP contribution in [0.1, 0.15) is 35.2 Å². The third-order valence-electron chi connectivity index (χ3n) is 3.56. The van der Waals surface area contributed by atoms with E-state index in [1.807, 2.05) is 12.1 Å². The maximum Gasteiger partial charge on any atom is 0.193 e. The van der Waals surface area contributed by atoms with Crippen LogP contribution in [0.15, 0.2) is 24.4 Å². The quantitative estimate of drug-likeness (QED) is 0.838. The molecule has 0 spiro atoms. The lowest BCUT2D eigenvalue weighted by molar-refractivity contribution is 0.0188. The molecule has 96 valence electrons. The van der Waals surface area contributed by atoms with Crippen molar-refractivity contribution in [2.75, 3.05) is 6.61 Å². The van der Waals surface area contributed by atoms with Gasteiger partial charge >= 0.3 is 0 Å². The highest BCUT2D eigenvalue weighted by molar-refractivity contribution is 6.11. The second kappa shape index (κ2) is 4.87. The Labute approximate surface area is 111 Å². The van der Waals surface area contributed by atoms with Crippen molar-refractivity contribution in [2.24, 2.45) is 0 Å². The number of benzene rings is 1. The molecule has 1 aliphatic heterocycles. The maximum absolute atomic E-state index is 12.5. The fraction of sp³-hybridized carbons (Fsp3) is 0.333. The van der Waals surface area contributed by atoms with Crippen LogP contribution in [0.4, 0.5) is 0 Å². The summed E-state index contributed by atoms with van der Waals surface area (Å²) in [5, 5.41) is 9.88. The molecule has 1 saturated heterocycles. The van der Waals surface area contributed by atoms with Crippen molar-refractivity contribution < 1.29 is 9.53 Å². The molecular formula is C15H14N2O2. The minimum Gasteiger partial charge on any atom is -0.370 e. The summed E-state index contributed by atoms with van der Waals surface area (Å²) in [7, 11) is 0. The Morgan fingerprint density at radius 3 is 3.05 bits per heavy atom. The Kier molecular flexibility index (Phi) is 3.06. The van der Waals surface area contributed by atoms with E-state index in [0.717, 1.165) is 24.8 Å². The summed E-state index contributed by atoms with van der Waals surface area (Å²) in [4.78, 5) is 15.5.